The highest BCUT2D eigenvalue weighted by Crippen LogP contribution is 2.30. The van der Waals surface area contributed by atoms with E-state index in [0.717, 1.165) is 21.8 Å². The normalized spacial score (nSPS) is 12.7. The maximum Gasteiger partial charge on any atom is 0.262 e. The minimum Gasteiger partial charge on any atom is -0.384 e. The van der Waals surface area contributed by atoms with Gasteiger partial charge < -0.3 is 10.3 Å². The van der Waals surface area contributed by atoms with E-state index >= 15 is 0 Å². The van der Waals surface area contributed by atoms with Crippen LogP contribution in [0.5, 0.6) is 0 Å². The number of nitrogen functional groups attached to an aromatic ring is 1. The van der Waals surface area contributed by atoms with E-state index in [-0.39, 0.29) is 22.8 Å². The Morgan fingerprint density at radius 3 is 2.48 bits per heavy atom. The number of anilines is 1. The van der Waals surface area contributed by atoms with Gasteiger partial charge in [0.25, 0.3) is 23.3 Å². The number of nitrogens with one attached hydrogen (secondary N) is 1. The summed E-state index contributed by atoms with van der Waals surface area (Å²) >= 11 is 0. The second-order valence-corrected chi connectivity index (χ2v) is 7.08. The van der Waals surface area contributed by atoms with E-state index in [9.17, 15) is 14.4 Å². The average molecular weight is 413 g/mol. The van der Waals surface area contributed by atoms with Crippen molar-refractivity contribution >= 4 is 17.6 Å². The number of fused-ring (bicyclic) bond motifs is 1. The molecule has 0 atom stereocenters. The molecule has 31 heavy (non-hydrogen) atoms. The fourth-order valence-electron chi connectivity index (χ4n) is 3.53. The molecule has 5 rings (SSSR count). The van der Waals surface area contributed by atoms with Crippen LogP contribution in [0.4, 0.5) is 5.82 Å². The molecule has 0 aliphatic carbocycles. The van der Waals surface area contributed by atoms with E-state index in [1.54, 1.807) is 24.3 Å². The largest absolute Gasteiger partial charge is 0.384 e. The molecule has 0 unspecified atom stereocenters. The van der Waals surface area contributed by atoms with Gasteiger partial charge in [0.1, 0.15) is 5.82 Å². The van der Waals surface area contributed by atoms with Crippen molar-refractivity contribution in [3.05, 3.63) is 81.6 Å². The summed E-state index contributed by atoms with van der Waals surface area (Å²) < 4.78 is 6.61. The zero-order valence-electron chi connectivity index (χ0n) is 16.2. The number of hydrogen-bond acceptors (Lipinski definition) is 7. The fourth-order valence-corrected chi connectivity index (χ4v) is 3.53. The molecule has 1 aliphatic rings. The van der Waals surface area contributed by atoms with E-state index in [1.807, 2.05) is 31.2 Å². The number of nitrogens with two attached hydrogens (primary N) is 1. The molecule has 0 bridgehead atoms. The molecular formula is C22H15N5O4. The summed E-state index contributed by atoms with van der Waals surface area (Å²) in [6, 6.07) is 15.5. The third-order valence-corrected chi connectivity index (χ3v) is 5.06. The first-order valence-electron chi connectivity index (χ1n) is 9.36. The summed E-state index contributed by atoms with van der Waals surface area (Å²) in [5, 5.41) is 6.19. The van der Waals surface area contributed by atoms with E-state index in [0.29, 0.717) is 17.1 Å². The second-order valence-electron chi connectivity index (χ2n) is 7.08. The van der Waals surface area contributed by atoms with Gasteiger partial charge in [-0.1, -0.05) is 47.1 Å². The summed E-state index contributed by atoms with van der Waals surface area (Å²) in [6.07, 6.45) is 0. The highest BCUT2D eigenvalue weighted by molar-refractivity contribution is 6.23. The van der Waals surface area contributed by atoms with Gasteiger partial charge in [-0.05, 0) is 19.1 Å². The number of nitrogens with zero attached hydrogens (tertiary/aromatic N) is 3. The quantitative estimate of drug-likeness (QED) is 0.492. The Labute approximate surface area is 175 Å². The highest BCUT2D eigenvalue weighted by Gasteiger charge is 2.32. The van der Waals surface area contributed by atoms with Crippen molar-refractivity contribution in [2.75, 3.05) is 5.73 Å². The van der Waals surface area contributed by atoms with Gasteiger partial charge >= 0.3 is 0 Å². The van der Waals surface area contributed by atoms with Gasteiger partial charge in [0, 0.05) is 11.6 Å². The number of carbonyl (C=O) groups is 2. The van der Waals surface area contributed by atoms with Gasteiger partial charge in [0.15, 0.2) is 0 Å². The molecule has 2 aromatic carbocycles. The summed E-state index contributed by atoms with van der Waals surface area (Å²) in [5.41, 5.74) is 8.20. The molecule has 1 aliphatic heterocycles. The number of benzene rings is 2. The predicted molar refractivity (Wildman–Crippen MR) is 112 cm³/mol. The highest BCUT2D eigenvalue weighted by atomic mass is 16.5. The minimum absolute atomic E-state index is 0.0368. The van der Waals surface area contributed by atoms with Crippen molar-refractivity contribution in [2.24, 2.45) is 0 Å². The van der Waals surface area contributed by atoms with Crippen LogP contribution in [0.15, 0.2) is 63.9 Å². The molecule has 0 saturated carbocycles. The molecule has 2 amide bonds. The lowest BCUT2D eigenvalue weighted by atomic mass is 10.1. The summed E-state index contributed by atoms with van der Waals surface area (Å²) in [4.78, 5) is 41.3. The Bertz CT molecular complexity index is 1430. The van der Waals surface area contributed by atoms with Crippen molar-refractivity contribution in [1.29, 1.82) is 0 Å². The van der Waals surface area contributed by atoms with Gasteiger partial charge in [-0.25, -0.2) is 0 Å². The van der Waals surface area contributed by atoms with E-state index < -0.39 is 17.4 Å². The third-order valence-electron chi connectivity index (χ3n) is 5.06. The molecular weight excluding hydrogens is 398 g/mol. The molecule has 3 N–H and O–H groups in total. The first kappa shape index (κ1) is 18.5. The van der Waals surface area contributed by atoms with Crippen LogP contribution in [0.3, 0.4) is 0 Å². The van der Waals surface area contributed by atoms with E-state index in [2.05, 4.69) is 15.5 Å². The Kier molecular flexibility index (Phi) is 4.04. The lowest BCUT2D eigenvalue weighted by Crippen LogP contribution is -2.24. The Morgan fingerprint density at radius 2 is 1.71 bits per heavy atom. The van der Waals surface area contributed by atoms with Crippen LogP contribution < -0.4 is 16.6 Å². The lowest BCUT2D eigenvalue weighted by molar-refractivity contribution is 0.0880. The number of carbonyl (C=O) groups excluding carboxylic acids is 2. The minimum atomic E-state index is -0.650. The second kappa shape index (κ2) is 6.77. The first-order chi connectivity index (χ1) is 14.9. The molecule has 0 spiro atoms. The maximum absolute atomic E-state index is 12.8. The van der Waals surface area contributed by atoms with E-state index in [4.69, 9.17) is 10.3 Å². The molecule has 9 heteroatoms. The van der Waals surface area contributed by atoms with Crippen molar-refractivity contribution in [3.8, 4) is 28.5 Å². The third kappa shape index (κ3) is 2.91. The van der Waals surface area contributed by atoms with E-state index in [1.165, 1.54) is 0 Å². The number of amides is 2. The topological polar surface area (TPSA) is 133 Å². The maximum atomic E-state index is 12.8. The molecule has 0 radical (unpaired) electrons. The summed E-state index contributed by atoms with van der Waals surface area (Å²) in [5.74, 6) is -0.869. The summed E-state index contributed by atoms with van der Waals surface area (Å²) in [6.45, 7) is 1.98. The molecule has 2 aromatic heterocycles. The molecule has 152 valence electrons. The predicted octanol–water partition coefficient (Wildman–Crippen LogP) is 2.33. The van der Waals surface area contributed by atoms with Gasteiger partial charge in [-0.3, -0.25) is 24.3 Å². The Hall–Kier alpha value is -4.53. The number of pyridine rings is 1. The van der Waals surface area contributed by atoms with Gasteiger partial charge in [0.2, 0.25) is 5.82 Å². The first-order valence-corrected chi connectivity index (χ1v) is 9.36. The average Bonchev–Trinajstić information content (AvgIpc) is 3.34. The van der Waals surface area contributed by atoms with Crippen LogP contribution >= 0.6 is 0 Å². The zero-order chi connectivity index (χ0) is 21.7. The van der Waals surface area contributed by atoms with Crippen LogP contribution in [-0.2, 0) is 0 Å². The van der Waals surface area contributed by atoms with Gasteiger partial charge in [-0.15, -0.1) is 0 Å². The number of imide groups is 1. The van der Waals surface area contributed by atoms with Crippen LogP contribution in [0, 0.1) is 6.92 Å². The van der Waals surface area contributed by atoms with Crippen molar-refractivity contribution < 1.29 is 14.1 Å². The molecule has 0 saturated heterocycles. The number of para-hydroxylation sites is 1. The Morgan fingerprint density at radius 1 is 0.968 bits per heavy atom. The summed E-state index contributed by atoms with van der Waals surface area (Å²) in [7, 11) is 0. The monoisotopic (exact) mass is 413 g/mol. The van der Waals surface area contributed by atoms with Crippen molar-refractivity contribution in [1.82, 2.24) is 20.0 Å². The van der Waals surface area contributed by atoms with Gasteiger partial charge in [0.05, 0.1) is 22.4 Å². The molecule has 4 aromatic rings. The van der Waals surface area contributed by atoms with Crippen LogP contribution in [0.1, 0.15) is 26.3 Å². The van der Waals surface area contributed by atoms with Crippen LogP contribution in [-0.4, -0.2) is 26.5 Å². The molecule has 3 heterocycles. The van der Waals surface area contributed by atoms with Crippen molar-refractivity contribution in [3.63, 3.8) is 0 Å². The smallest absolute Gasteiger partial charge is 0.262 e. The number of aryl methyl sites for hydroxylation is 1. The number of aromatic nitrogens is 3. The van der Waals surface area contributed by atoms with Crippen LogP contribution in [0.2, 0.25) is 0 Å². The van der Waals surface area contributed by atoms with Crippen LogP contribution in [0.25, 0.3) is 28.5 Å². The van der Waals surface area contributed by atoms with Crippen molar-refractivity contribution in [2.45, 2.75) is 6.92 Å². The molecule has 0 fully saturated rings. The molecule has 9 nitrogen and oxygen atoms in total. The number of rotatable bonds is 3. The number of hydrogen-bond donors (Lipinski definition) is 2. The Balaban J connectivity index is 1.67. The fraction of sp³-hybridized carbons (Fsp3) is 0.0455. The van der Waals surface area contributed by atoms with Gasteiger partial charge in [-0.2, -0.15) is 4.98 Å². The lowest BCUT2D eigenvalue weighted by Gasteiger charge is -2.14. The zero-order valence-corrected chi connectivity index (χ0v) is 16.2. The standard InChI is InChI=1S/C22H15N5O4/c1-11-6-8-12(9-7-11)19-24-22(31-26-19)13-4-2-3-5-15(13)27-16(28)10-14-17(18(27)23)21(30)25-20(14)29/h2-10H,23H2,1H3,(H,25,29,30). The SMILES string of the molecule is Cc1ccc(-c2noc(-c3ccccc3-n3c(N)c4c(cc3=O)C(=O)NC4=O)n2)cc1.